The van der Waals surface area contributed by atoms with Crippen LogP contribution >= 0.6 is 7.14 Å². The van der Waals surface area contributed by atoms with Gasteiger partial charge < -0.3 is 15.2 Å². The number of Topliss-reactive ketones (excluding diaryl/α,β-unsaturated/α-hetero) is 1. The molecule has 0 saturated heterocycles. The monoisotopic (exact) mass is 490 g/mol. The van der Waals surface area contributed by atoms with E-state index in [1.54, 1.807) is 62.3 Å². The number of nitrogens with zero attached hydrogens (tertiary/aromatic N) is 4. The number of anilines is 3. The second kappa shape index (κ2) is 9.47. The zero-order chi connectivity index (χ0) is 25.3. The van der Waals surface area contributed by atoms with Crippen molar-refractivity contribution in [2.24, 2.45) is 13.0 Å². The van der Waals surface area contributed by atoms with Gasteiger partial charge in [-0.2, -0.15) is 5.10 Å². The summed E-state index contributed by atoms with van der Waals surface area (Å²) in [4.78, 5) is 32.8. The van der Waals surface area contributed by atoms with Crippen LogP contribution in [0.3, 0.4) is 0 Å². The molecule has 0 atom stereocenters. The lowest BCUT2D eigenvalue weighted by Crippen LogP contribution is -2.15. The number of rotatable bonds is 8. The Labute approximate surface area is 204 Å². The summed E-state index contributed by atoms with van der Waals surface area (Å²) in [5, 5.41) is 10.5. The summed E-state index contributed by atoms with van der Waals surface area (Å²) >= 11 is 0. The predicted octanol–water partition coefficient (Wildman–Crippen LogP) is 4.97. The molecule has 0 aliphatic heterocycles. The molecule has 1 aliphatic carbocycles. The fraction of sp³-hybridized carbons (Fsp3) is 0.320. The summed E-state index contributed by atoms with van der Waals surface area (Å²) in [6, 6.07) is 8.68. The number of aromatic nitrogens is 3. The Morgan fingerprint density at radius 3 is 2.57 bits per heavy atom. The number of aryl methyl sites for hydroxylation is 1. The van der Waals surface area contributed by atoms with Gasteiger partial charge in [-0.05, 0) is 38.3 Å². The Morgan fingerprint density at radius 2 is 1.97 bits per heavy atom. The Kier molecular flexibility index (Phi) is 6.60. The van der Waals surface area contributed by atoms with Crippen LogP contribution < -0.4 is 16.1 Å². The standard InChI is InChI=1S/C25H27N6O3P/c1-6-21(32)17-14-27-22(29-25(33)15-10-11-15)12-19(17)28-18-9-7-8-16(24(18)26-2)20-13-23(31(3)30-20)35(4,5)34/h7-9,12-15H,6,10-11H2,1,3-5H3,(H2,27,28,29,33). The van der Waals surface area contributed by atoms with Gasteiger partial charge in [0, 0.05) is 42.9 Å². The highest BCUT2D eigenvalue weighted by molar-refractivity contribution is 7.69. The van der Waals surface area contributed by atoms with E-state index in [4.69, 9.17) is 6.57 Å². The smallest absolute Gasteiger partial charge is 0.228 e. The molecule has 2 heterocycles. The molecule has 3 aromatic rings. The zero-order valence-corrected chi connectivity index (χ0v) is 21.0. The molecule has 2 aromatic heterocycles. The Hall–Kier alpha value is -3.76. The lowest BCUT2D eigenvalue weighted by molar-refractivity contribution is -0.117. The van der Waals surface area contributed by atoms with Crippen LogP contribution in [-0.2, 0) is 16.4 Å². The van der Waals surface area contributed by atoms with E-state index in [0.29, 0.717) is 45.1 Å². The highest BCUT2D eigenvalue weighted by Gasteiger charge is 2.30. The molecular formula is C25H27N6O3P. The second-order valence-corrected chi connectivity index (χ2v) is 12.1. The van der Waals surface area contributed by atoms with Gasteiger partial charge in [-0.1, -0.05) is 19.1 Å². The molecule has 180 valence electrons. The van der Waals surface area contributed by atoms with Gasteiger partial charge in [0.25, 0.3) is 0 Å². The van der Waals surface area contributed by atoms with Gasteiger partial charge in [0.05, 0.1) is 29.0 Å². The van der Waals surface area contributed by atoms with Crippen molar-refractivity contribution in [3.63, 3.8) is 0 Å². The second-order valence-electron chi connectivity index (χ2n) is 8.96. The van der Waals surface area contributed by atoms with Crippen LogP contribution in [0.15, 0.2) is 36.5 Å². The summed E-state index contributed by atoms with van der Waals surface area (Å²) in [6.45, 7) is 13.0. The number of carbonyl (C=O) groups excluding carboxylic acids is 2. The molecule has 2 N–H and O–H groups in total. The van der Waals surface area contributed by atoms with E-state index in [1.165, 1.54) is 6.20 Å². The van der Waals surface area contributed by atoms with Gasteiger partial charge in [0.2, 0.25) is 11.6 Å². The van der Waals surface area contributed by atoms with E-state index in [-0.39, 0.29) is 24.0 Å². The molecule has 1 saturated carbocycles. The van der Waals surface area contributed by atoms with E-state index in [0.717, 1.165) is 12.8 Å². The number of para-hydroxylation sites is 1. The molecule has 0 radical (unpaired) electrons. The quantitative estimate of drug-likeness (QED) is 0.262. The molecule has 1 aliphatic rings. The Bertz CT molecular complexity index is 1410. The van der Waals surface area contributed by atoms with Gasteiger partial charge in [0.15, 0.2) is 5.78 Å². The third kappa shape index (κ3) is 5.18. The largest absolute Gasteiger partial charge is 0.364 e. The SMILES string of the molecule is [C-]#[N+]c1c(Nc2cc(NC(=O)C3CC3)ncc2C(=O)CC)cccc1-c1cc(P(C)(C)=O)n(C)n1. The van der Waals surface area contributed by atoms with Crippen LogP contribution in [0, 0.1) is 12.5 Å². The molecule has 0 bridgehead atoms. The minimum Gasteiger partial charge on any atom is -0.364 e. The first-order chi connectivity index (χ1) is 16.6. The number of carbonyl (C=O) groups is 2. The summed E-state index contributed by atoms with van der Waals surface area (Å²) < 4.78 is 14.2. The first-order valence-electron chi connectivity index (χ1n) is 11.3. The Balaban J connectivity index is 1.75. The van der Waals surface area contributed by atoms with Crippen LogP contribution in [0.4, 0.5) is 22.9 Å². The molecule has 1 amide bonds. The maximum Gasteiger partial charge on any atom is 0.228 e. The number of benzene rings is 1. The molecule has 9 nitrogen and oxygen atoms in total. The molecule has 0 spiro atoms. The van der Waals surface area contributed by atoms with Crippen molar-refractivity contribution in [2.75, 3.05) is 24.0 Å². The third-order valence-corrected chi connectivity index (χ3v) is 7.35. The molecule has 1 aromatic carbocycles. The number of pyridine rings is 1. The number of amides is 1. The lowest BCUT2D eigenvalue weighted by atomic mass is 10.1. The first kappa shape index (κ1) is 24.4. The summed E-state index contributed by atoms with van der Waals surface area (Å²) in [5.41, 5.74) is 3.36. The van der Waals surface area contributed by atoms with Gasteiger partial charge in [-0.3, -0.25) is 14.3 Å². The normalized spacial score (nSPS) is 13.2. The van der Waals surface area contributed by atoms with Gasteiger partial charge in [-0.25, -0.2) is 9.83 Å². The number of hydrogen-bond acceptors (Lipinski definition) is 6. The van der Waals surface area contributed by atoms with Crippen LogP contribution in [0.1, 0.15) is 36.5 Å². The number of hydrogen-bond donors (Lipinski definition) is 2. The van der Waals surface area contributed by atoms with Gasteiger partial charge in [-0.15, -0.1) is 0 Å². The van der Waals surface area contributed by atoms with Crippen molar-refractivity contribution in [3.05, 3.63) is 53.5 Å². The first-order valence-corrected chi connectivity index (χ1v) is 13.9. The third-order valence-electron chi connectivity index (χ3n) is 5.82. The van der Waals surface area contributed by atoms with Crippen molar-refractivity contribution in [2.45, 2.75) is 26.2 Å². The van der Waals surface area contributed by atoms with Crippen molar-refractivity contribution in [1.29, 1.82) is 0 Å². The minimum absolute atomic E-state index is 0.0142. The summed E-state index contributed by atoms with van der Waals surface area (Å²) in [7, 11) is -0.827. The maximum absolute atomic E-state index is 12.6. The van der Waals surface area contributed by atoms with Crippen LogP contribution in [0.25, 0.3) is 16.1 Å². The van der Waals surface area contributed by atoms with E-state index in [2.05, 4.69) is 25.6 Å². The van der Waals surface area contributed by atoms with Crippen LogP contribution in [0.5, 0.6) is 0 Å². The zero-order valence-electron chi connectivity index (χ0n) is 20.1. The molecule has 4 rings (SSSR count). The average molecular weight is 491 g/mol. The van der Waals surface area contributed by atoms with Gasteiger partial charge in [0.1, 0.15) is 13.0 Å². The fourth-order valence-corrected chi connectivity index (χ4v) is 5.00. The highest BCUT2D eigenvalue weighted by Crippen LogP contribution is 2.41. The molecule has 0 unspecified atom stereocenters. The fourth-order valence-electron chi connectivity index (χ4n) is 3.82. The molecular weight excluding hydrogens is 463 g/mol. The van der Waals surface area contributed by atoms with Crippen molar-refractivity contribution < 1.29 is 14.2 Å². The summed E-state index contributed by atoms with van der Waals surface area (Å²) in [6.07, 6.45) is 3.46. The van der Waals surface area contributed by atoms with E-state index < -0.39 is 7.14 Å². The van der Waals surface area contributed by atoms with Crippen molar-refractivity contribution in [3.8, 4) is 11.3 Å². The molecule has 1 fully saturated rings. The minimum atomic E-state index is -2.56. The average Bonchev–Trinajstić information content (AvgIpc) is 3.59. The van der Waals surface area contributed by atoms with Crippen molar-refractivity contribution in [1.82, 2.24) is 14.8 Å². The molecule has 35 heavy (non-hydrogen) atoms. The summed E-state index contributed by atoms with van der Waals surface area (Å²) in [5.74, 6) is 0.155. The van der Waals surface area contributed by atoms with Crippen LogP contribution in [-0.4, -0.2) is 39.8 Å². The topological polar surface area (TPSA) is 110 Å². The number of nitrogens with one attached hydrogen (secondary N) is 2. The van der Waals surface area contributed by atoms with Crippen molar-refractivity contribution >= 4 is 47.1 Å². The van der Waals surface area contributed by atoms with Gasteiger partial charge >= 0.3 is 0 Å². The van der Waals surface area contributed by atoms with E-state index in [9.17, 15) is 14.2 Å². The molecule has 10 heteroatoms. The number of ketones is 1. The van der Waals surface area contributed by atoms with Crippen LogP contribution in [0.2, 0.25) is 0 Å². The predicted molar refractivity (Wildman–Crippen MR) is 137 cm³/mol. The Morgan fingerprint density at radius 1 is 1.23 bits per heavy atom. The maximum atomic E-state index is 12.6. The highest BCUT2D eigenvalue weighted by atomic mass is 31.2. The lowest BCUT2D eigenvalue weighted by Gasteiger charge is -2.15. The van der Waals surface area contributed by atoms with E-state index >= 15 is 0 Å². The van der Waals surface area contributed by atoms with E-state index in [1.807, 2.05) is 0 Å².